The fourth-order valence-electron chi connectivity index (χ4n) is 2.97. The van der Waals surface area contributed by atoms with E-state index in [0.29, 0.717) is 0 Å². The fourth-order valence-corrected chi connectivity index (χ4v) is 2.97. The molecule has 1 nitrogen and oxygen atoms in total. The third-order valence-electron chi connectivity index (χ3n) is 4.49. The molecule has 2 aromatic rings. The van der Waals surface area contributed by atoms with Gasteiger partial charge in [-0.05, 0) is 36.5 Å². The van der Waals surface area contributed by atoms with Crippen LogP contribution in [0.5, 0.6) is 0 Å². The van der Waals surface area contributed by atoms with Gasteiger partial charge in [-0.1, -0.05) is 74.4 Å². The molecule has 0 aliphatic heterocycles. The summed E-state index contributed by atoms with van der Waals surface area (Å²) in [4.78, 5) is 0. The van der Waals surface area contributed by atoms with Crippen molar-refractivity contribution < 1.29 is 5.11 Å². The Morgan fingerprint density at radius 3 is 2.24 bits per heavy atom. The summed E-state index contributed by atoms with van der Waals surface area (Å²) in [5, 5.41) is 10.9. The lowest BCUT2D eigenvalue weighted by molar-refractivity contribution is 0.0979. The number of hydrogen-bond acceptors (Lipinski definition) is 1. The van der Waals surface area contributed by atoms with Crippen LogP contribution in [0.4, 0.5) is 0 Å². The van der Waals surface area contributed by atoms with Crippen LogP contribution in [0.2, 0.25) is 0 Å². The van der Waals surface area contributed by atoms with Gasteiger partial charge in [0.05, 0.1) is 6.10 Å². The normalized spacial score (nSPS) is 15.5. The number of aliphatic hydroxyl groups excluding tert-OH is 1. The fraction of sp³-hybridized carbons (Fsp3) is 0.400. The van der Waals surface area contributed by atoms with Gasteiger partial charge >= 0.3 is 0 Å². The number of aryl methyl sites for hydroxylation is 2. The van der Waals surface area contributed by atoms with Crippen molar-refractivity contribution >= 4 is 0 Å². The topological polar surface area (TPSA) is 20.2 Å². The Morgan fingerprint density at radius 1 is 1.00 bits per heavy atom. The molecule has 0 fully saturated rings. The highest BCUT2D eigenvalue weighted by atomic mass is 16.3. The Bertz CT molecular complexity index is 574. The van der Waals surface area contributed by atoms with Crippen molar-refractivity contribution in [2.75, 3.05) is 0 Å². The monoisotopic (exact) mass is 282 g/mol. The minimum absolute atomic E-state index is 0.0433. The SMILES string of the molecule is CC[C@H](C)[C@H](O)[C@H](c1ccccc1)c1ccc(C)cc1C. The van der Waals surface area contributed by atoms with Gasteiger partial charge in [-0.15, -0.1) is 0 Å². The van der Waals surface area contributed by atoms with Crippen LogP contribution in [0, 0.1) is 19.8 Å². The molecule has 0 spiro atoms. The van der Waals surface area contributed by atoms with Gasteiger partial charge in [-0.25, -0.2) is 0 Å². The van der Waals surface area contributed by atoms with Crippen LogP contribution in [0.1, 0.15) is 48.4 Å². The molecule has 0 aliphatic rings. The molecule has 1 heteroatoms. The molecule has 0 amide bonds. The maximum Gasteiger partial charge on any atom is 0.0674 e. The quantitative estimate of drug-likeness (QED) is 0.831. The van der Waals surface area contributed by atoms with Crippen molar-refractivity contribution in [3.63, 3.8) is 0 Å². The molecule has 2 rings (SSSR count). The highest BCUT2D eigenvalue weighted by Gasteiger charge is 2.27. The summed E-state index contributed by atoms with van der Waals surface area (Å²) in [5.41, 5.74) is 4.95. The van der Waals surface area contributed by atoms with E-state index in [0.717, 1.165) is 6.42 Å². The van der Waals surface area contributed by atoms with Gasteiger partial charge in [0.25, 0.3) is 0 Å². The van der Waals surface area contributed by atoms with Crippen molar-refractivity contribution in [1.82, 2.24) is 0 Å². The van der Waals surface area contributed by atoms with Gasteiger partial charge in [0.2, 0.25) is 0 Å². The van der Waals surface area contributed by atoms with E-state index in [-0.39, 0.29) is 17.9 Å². The second kappa shape index (κ2) is 6.91. The summed E-state index contributed by atoms with van der Waals surface area (Å²) in [6.07, 6.45) is 0.619. The van der Waals surface area contributed by atoms with Crippen molar-refractivity contribution in [2.24, 2.45) is 5.92 Å². The molecule has 1 N–H and O–H groups in total. The zero-order chi connectivity index (χ0) is 15.4. The van der Waals surface area contributed by atoms with Crippen LogP contribution in [-0.2, 0) is 0 Å². The minimum atomic E-state index is -0.362. The van der Waals surface area contributed by atoms with Crippen molar-refractivity contribution in [3.8, 4) is 0 Å². The van der Waals surface area contributed by atoms with E-state index in [4.69, 9.17) is 0 Å². The average Bonchev–Trinajstić information content (AvgIpc) is 2.49. The summed E-state index contributed by atoms with van der Waals surface area (Å²) >= 11 is 0. The lowest BCUT2D eigenvalue weighted by atomic mass is 9.79. The first-order chi connectivity index (χ1) is 10.0. The molecule has 0 aliphatic carbocycles. The Hall–Kier alpha value is -1.60. The molecule has 0 radical (unpaired) electrons. The molecule has 21 heavy (non-hydrogen) atoms. The zero-order valence-corrected chi connectivity index (χ0v) is 13.5. The molecular weight excluding hydrogens is 256 g/mol. The Labute approximate surface area is 128 Å². The molecule has 0 saturated heterocycles. The van der Waals surface area contributed by atoms with Crippen LogP contribution in [0.15, 0.2) is 48.5 Å². The third-order valence-corrected chi connectivity index (χ3v) is 4.49. The lowest BCUT2D eigenvalue weighted by Crippen LogP contribution is -2.27. The van der Waals surface area contributed by atoms with Gasteiger partial charge in [-0.3, -0.25) is 0 Å². The Balaban J connectivity index is 2.50. The summed E-state index contributed by atoms with van der Waals surface area (Å²) < 4.78 is 0. The van der Waals surface area contributed by atoms with Gasteiger partial charge in [-0.2, -0.15) is 0 Å². The summed E-state index contributed by atoms with van der Waals surface area (Å²) in [7, 11) is 0. The molecule has 0 bridgehead atoms. The van der Waals surface area contributed by atoms with Crippen LogP contribution in [0.25, 0.3) is 0 Å². The first kappa shape index (κ1) is 15.8. The zero-order valence-electron chi connectivity index (χ0n) is 13.5. The lowest BCUT2D eigenvalue weighted by Gasteiger charge is -2.29. The van der Waals surface area contributed by atoms with Gasteiger partial charge in [0, 0.05) is 5.92 Å². The van der Waals surface area contributed by atoms with Crippen molar-refractivity contribution in [3.05, 3.63) is 70.8 Å². The molecule has 0 saturated carbocycles. The Kier molecular flexibility index (Phi) is 5.19. The average molecular weight is 282 g/mol. The van der Waals surface area contributed by atoms with Crippen LogP contribution < -0.4 is 0 Å². The van der Waals surface area contributed by atoms with E-state index in [1.807, 2.05) is 6.07 Å². The smallest absolute Gasteiger partial charge is 0.0674 e. The standard InChI is InChI=1S/C20H26O/c1-5-15(3)20(21)19(17-9-7-6-8-10-17)18-12-11-14(2)13-16(18)4/h6-13,15,19-21H,5H2,1-4H3/t15-,19+,20-/m0/s1. The second-order valence-corrected chi connectivity index (χ2v) is 6.12. The van der Waals surface area contributed by atoms with Gasteiger partial charge < -0.3 is 5.11 Å². The molecular formula is C20H26O. The molecule has 112 valence electrons. The first-order valence-corrected chi connectivity index (χ1v) is 7.84. The highest BCUT2D eigenvalue weighted by molar-refractivity contribution is 5.40. The highest BCUT2D eigenvalue weighted by Crippen LogP contribution is 2.34. The number of rotatable bonds is 5. The largest absolute Gasteiger partial charge is 0.392 e. The maximum absolute atomic E-state index is 10.9. The van der Waals surface area contributed by atoms with E-state index in [1.54, 1.807) is 0 Å². The van der Waals surface area contributed by atoms with Crippen LogP contribution in [-0.4, -0.2) is 11.2 Å². The minimum Gasteiger partial charge on any atom is -0.392 e. The van der Waals surface area contributed by atoms with Gasteiger partial charge in [0.1, 0.15) is 0 Å². The number of hydrogen-bond donors (Lipinski definition) is 1. The molecule has 0 aromatic heterocycles. The number of aliphatic hydroxyl groups is 1. The second-order valence-electron chi connectivity index (χ2n) is 6.12. The van der Waals surface area contributed by atoms with Crippen LogP contribution >= 0.6 is 0 Å². The summed E-state index contributed by atoms with van der Waals surface area (Å²) in [6, 6.07) is 16.9. The van der Waals surface area contributed by atoms with E-state index < -0.39 is 0 Å². The molecule has 0 unspecified atom stereocenters. The molecule has 0 heterocycles. The van der Waals surface area contributed by atoms with Crippen molar-refractivity contribution in [1.29, 1.82) is 0 Å². The van der Waals surface area contributed by atoms with Gasteiger partial charge in [0.15, 0.2) is 0 Å². The first-order valence-electron chi connectivity index (χ1n) is 7.84. The van der Waals surface area contributed by atoms with E-state index in [9.17, 15) is 5.11 Å². The third kappa shape index (κ3) is 3.54. The van der Waals surface area contributed by atoms with Crippen LogP contribution in [0.3, 0.4) is 0 Å². The predicted octanol–water partition coefficient (Wildman–Crippen LogP) is 4.84. The Morgan fingerprint density at radius 2 is 1.67 bits per heavy atom. The van der Waals surface area contributed by atoms with E-state index >= 15 is 0 Å². The maximum atomic E-state index is 10.9. The number of benzene rings is 2. The summed E-state index contributed by atoms with van der Waals surface area (Å²) in [6.45, 7) is 8.52. The van der Waals surface area contributed by atoms with Crippen molar-refractivity contribution in [2.45, 2.75) is 46.1 Å². The van der Waals surface area contributed by atoms with E-state index in [1.165, 1.54) is 22.3 Å². The predicted molar refractivity (Wildman–Crippen MR) is 89.7 cm³/mol. The molecule has 3 atom stereocenters. The van der Waals surface area contributed by atoms with E-state index in [2.05, 4.69) is 70.2 Å². The molecule has 2 aromatic carbocycles. The summed E-state index contributed by atoms with van der Waals surface area (Å²) in [5.74, 6) is 0.317.